The van der Waals surface area contributed by atoms with E-state index < -0.39 is 5.97 Å². The Morgan fingerprint density at radius 2 is 2.00 bits per heavy atom. The molecular weight excluding hydrogens is 264 g/mol. The SMILES string of the molecule is C[C@@H]1CN(C(=O)NCc2ccc(C(=O)O)o2)C[C@H](C)O1. The molecule has 2 heterocycles. The summed E-state index contributed by atoms with van der Waals surface area (Å²) in [7, 11) is 0. The summed E-state index contributed by atoms with van der Waals surface area (Å²) in [6.45, 7) is 5.07. The number of nitrogens with zero attached hydrogens (tertiary/aromatic N) is 1. The summed E-state index contributed by atoms with van der Waals surface area (Å²) in [4.78, 5) is 24.4. The Bertz CT molecular complexity index is 489. The first-order valence-electron chi connectivity index (χ1n) is 6.46. The number of nitrogens with one attached hydrogen (secondary N) is 1. The van der Waals surface area contributed by atoms with E-state index in [0.29, 0.717) is 18.8 Å². The molecule has 7 heteroatoms. The first kappa shape index (κ1) is 14.4. The third-order valence-corrected chi connectivity index (χ3v) is 2.99. The molecular formula is C13H18N2O5. The summed E-state index contributed by atoms with van der Waals surface area (Å²) in [6, 6.07) is 2.69. The highest BCUT2D eigenvalue weighted by atomic mass is 16.5. The van der Waals surface area contributed by atoms with Crippen molar-refractivity contribution >= 4 is 12.0 Å². The lowest BCUT2D eigenvalue weighted by Gasteiger charge is -2.35. The van der Waals surface area contributed by atoms with Crippen molar-refractivity contribution in [2.45, 2.75) is 32.6 Å². The van der Waals surface area contributed by atoms with Crippen LogP contribution in [0.25, 0.3) is 0 Å². The van der Waals surface area contributed by atoms with Crippen LogP contribution in [0.5, 0.6) is 0 Å². The summed E-state index contributed by atoms with van der Waals surface area (Å²) >= 11 is 0. The number of aromatic carboxylic acids is 1. The molecule has 20 heavy (non-hydrogen) atoms. The summed E-state index contributed by atoms with van der Waals surface area (Å²) in [5.74, 6) is -0.855. The van der Waals surface area contributed by atoms with Gasteiger partial charge in [0.15, 0.2) is 0 Å². The molecule has 1 saturated heterocycles. The molecule has 1 aromatic heterocycles. The number of rotatable bonds is 3. The van der Waals surface area contributed by atoms with Gasteiger partial charge in [-0.1, -0.05) is 0 Å². The predicted octanol–water partition coefficient (Wildman–Crippen LogP) is 1.30. The quantitative estimate of drug-likeness (QED) is 0.871. The maximum Gasteiger partial charge on any atom is 0.371 e. The average Bonchev–Trinajstić information content (AvgIpc) is 2.83. The number of carbonyl (C=O) groups excluding carboxylic acids is 1. The van der Waals surface area contributed by atoms with E-state index in [2.05, 4.69) is 5.32 Å². The molecule has 1 aliphatic heterocycles. The van der Waals surface area contributed by atoms with Crippen molar-refractivity contribution in [2.24, 2.45) is 0 Å². The van der Waals surface area contributed by atoms with Gasteiger partial charge in [0.25, 0.3) is 0 Å². The van der Waals surface area contributed by atoms with Crippen LogP contribution in [0.15, 0.2) is 16.5 Å². The van der Waals surface area contributed by atoms with Crippen molar-refractivity contribution in [1.82, 2.24) is 10.2 Å². The number of ether oxygens (including phenoxy) is 1. The van der Waals surface area contributed by atoms with E-state index in [1.165, 1.54) is 12.1 Å². The Kier molecular flexibility index (Phi) is 4.29. The van der Waals surface area contributed by atoms with E-state index in [1.807, 2.05) is 13.8 Å². The van der Waals surface area contributed by atoms with E-state index in [-0.39, 0.29) is 30.5 Å². The minimum Gasteiger partial charge on any atom is -0.475 e. The molecule has 2 N–H and O–H groups in total. The Hall–Kier alpha value is -2.02. The summed E-state index contributed by atoms with van der Waals surface area (Å²) in [5, 5.41) is 11.4. The van der Waals surface area contributed by atoms with Crippen molar-refractivity contribution in [1.29, 1.82) is 0 Å². The Labute approximate surface area is 116 Å². The number of carbonyl (C=O) groups is 2. The molecule has 0 spiro atoms. The van der Waals surface area contributed by atoms with Gasteiger partial charge in [0.2, 0.25) is 5.76 Å². The van der Waals surface area contributed by atoms with Crippen molar-refractivity contribution in [3.05, 3.63) is 23.7 Å². The Balaban J connectivity index is 1.86. The molecule has 0 bridgehead atoms. The molecule has 0 aliphatic carbocycles. The van der Waals surface area contributed by atoms with Gasteiger partial charge in [-0.3, -0.25) is 0 Å². The topological polar surface area (TPSA) is 92.0 Å². The highest BCUT2D eigenvalue weighted by Crippen LogP contribution is 2.11. The Morgan fingerprint density at radius 3 is 2.55 bits per heavy atom. The molecule has 1 fully saturated rings. The highest BCUT2D eigenvalue weighted by Gasteiger charge is 2.25. The third-order valence-electron chi connectivity index (χ3n) is 2.99. The second kappa shape index (κ2) is 5.96. The number of morpholine rings is 1. The van der Waals surface area contributed by atoms with Gasteiger partial charge in [-0.25, -0.2) is 9.59 Å². The lowest BCUT2D eigenvalue weighted by Crippen LogP contribution is -2.51. The number of carboxylic acid groups (broad SMARTS) is 1. The van der Waals surface area contributed by atoms with E-state index in [0.717, 1.165) is 0 Å². The molecule has 1 aromatic rings. The van der Waals surface area contributed by atoms with Crippen LogP contribution in [0, 0.1) is 0 Å². The molecule has 2 amide bonds. The lowest BCUT2D eigenvalue weighted by atomic mass is 10.2. The van der Waals surface area contributed by atoms with E-state index in [4.69, 9.17) is 14.3 Å². The van der Waals surface area contributed by atoms with Crippen LogP contribution in [0.2, 0.25) is 0 Å². The summed E-state index contributed by atoms with van der Waals surface area (Å²) < 4.78 is 10.6. The molecule has 1 aliphatic rings. The van der Waals surface area contributed by atoms with Crippen molar-refractivity contribution in [3.63, 3.8) is 0 Å². The van der Waals surface area contributed by atoms with Gasteiger partial charge in [-0.05, 0) is 26.0 Å². The molecule has 110 valence electrons. The van der Waals surface area contributed by atoms with E-state index in [9.17, 15) is 9.59 Å². The number of hydrogen-bond acceptors (Lipinski definition) is 4. The number of furan rings is 1. The van der Waals surface area contributed by atoms with E-state index in [1.54, 1.807) is 4.90 Å². The van der Waals surface area contributed by atoms with E-state index >= 15 is 0 Å². The molecule has 0 radical (unpaired) electrons. The van der Waals surface area contributed by atoms with Crippen LogP contribution >= 0.6 is 0 Å². The van der Waals surface area contributed by atoms with Gasteiger partial charge in [0.1, 0.15) is 5.76 Å². The fourth-order valence-corrected chi connectivity index (χ4v) is 2.21. The molecule has 0 unspecified atom stereocenters. The molecule has 0 aromatic carbocycles. The van der Waals surface area contributed by atoms with Gasteiger partial charge in [-0.2, -0.15) is 0 Å². The van der Waals surface area contributed by atoms with Crippen LogP contribution in [0.3, 0.4) is 0 Å². The minimum absolute atomic E-state index is 0.00623. The van der Waals surface area contributed by atoms with Gasteiger partial charge in [0.05, 0.1) is 18.8 Å². The molecule has 0 saturated carbocycles. The van der Waals surface area contributed by atoms with Crippen molar-refractivity contribution < 1.29 is 23.8 Å². The smallest absolute Gasteiger partial charge is 0.371 e. The largest absolute Gasteiger partial charge is 0.475 e. The van der Waals surface area contributed by atoms with Crippen molar-refractivity contribution in [2.75, 3.05) is 13.1 Å². The van der Waals surface area contributed by atoms with Gasteiger partial charge < -0.3 is 24.5 Å². The number of amides is 2. The minimum atomic E-state index is -1.13. The first-order valence-corrected chi connectivity index (χ1v) is 6.46. The molecule has 2 rings (SSSR count). The maximum atomic E-state index is 12.0. The average molecular weight is 282 g/mol. The number of carboxylic acids is 1. The van der Waals surface area contributed by atoms with Gasteiger partial charge >= 0.3 is 12.0 Å². The molecule has 2 atom stereocenters. The lowest BCUT2D eigenvalue weighted by molar-refractivity contribution is -0.0545. The van der Waals surface area contributed by atoms with Crippen LogP contribution in [0.4, 0.5) is 4.79 Å². The summed E-state index contributed by atoms with van der Waals surface area (Å²) in [6.07, 6.45) is 0.0125. The predicted molar refractivity (Wildman–Crippen MR) is 69.5 cm³/mol. The normalized spacial score (nSPS) is 22.6. The summed E-state index contributed by atoms with van der Waals surface area (Å²) in [5.41, 5.74) is 0. The van der Waals surface area contributed by atoms with Crippen LogP contribution in [-0.4, -0.2) is 47.3 Å². The van der Waals surface area contributed by atoms with Crippen LogP contribution in [-0.2, 0) is 11.3 Å². The highest BCUT2D eigenvalue weighted by molar-refractivity contribution is 5.84. The maximum absolute atomic E-state index is 12.0. The zero-order valence-electron chi connectivity index (χ0n) is 11.5. The number of hydrogen-bond donors (Lipinski definition) is 2. The second-order valence-corrected chi connectivity index (χ2v) is 4.89. The standard InChI is InChI=1S/C13H18N2O5/c1-8-6-15(7-9(2)19-8)13(18)14-5-10-3-4-11(20-10)12(16)17/h3-4,8-9H,5-7H2,1-2H3,(H,14,18)(H,16,17)/t8-,9+. The second-order valence-electron chi connectivity index (χ2n) is 4.89. The first-order chi connectivity index (χ1) is 9.45. The zero-order chi connectivity index (χ0) is 14.7. The molecule has 7 nitrogen and oxygen atoms in total. The fourth-order valence-electron chi connectivity index (χ4n) is 2.21. The fraction of sp³-hybridized carbons (Fsp3) is 0.538. The third kappa shape index (κ3) is 3.51. The zero-order valence-corrected chi connectivity index (χ0v) is 11.5. The monoisotopic (exact) mass is 282 g/mol. The van der Waals surface area contributed by atoms with Gasteiger partial charge in [0, 0.05) is 13.1 Å². The number of urea groups is 1. The van der Waals surface area contributed by atoms with Crippen LogP contribution in [0.1, 0.15) is 30.2 Å². The Morgan fingerprint density at radius 1 is 1.35 bits per heavy atom. The van der Waals surface area contributed by atoms with Crippen LogP contribution < -0.4 is 5.32 Å². The van der Waals surface area contributed by atoms with Crippen molar-refractivity contribution in [3.8, 4) is 0 Å². The van der Waals surface area contributed by atoms with Gasteiger partial charge in [-0.15, -0.1) is 0 Å².